The van der Waals surface area contributed by atoms with Gasteiger partial charge in [0.25, 0.3) is 5.91 Å². The summed E-state index contributed by atoms with van der Waals surface area (Å²) in [5.41, 5.74) is 2.26. The van der Waals surface area contributed by atoms with Gasteiger partial charge in [0, 0.05) is 17.0 Å². The number of aromatic nitrogens is 3. The lowest BCUT2D eigenvalue weighted by Crippen LogP contribution is -2.42. The number of rotatable bonds is 4. The monoisotopic (exact) mass is 383 g/mol. The number of nitrogens with zero attached hydrogens (tertiary/aromatic N) is 3. The van der Waals surface area contributed by atoms with E-state index in [1.807, 2.05) is 10.7 Å². The second-order valence-corrected chi connectivity index (χ2v) is 8.67. The van der Waals surface area contributed by atoms with E-state index in [9.17, 15) is 4.79 Å². The molecule has 0 atom stereocenters. The maximum Gasteiger partial charge on any atom is 0.252 e. The number of carbonyl (C=O) groups excluding carboxylic acids is 1. The van der Waals surface area contributed by atoms with Gasteiger partial charge in [0.2, 0.25) is 0 Å². The molecule has 0 spiro atoms. The van der Waals surface area contributed by atoms with Crippen LogP contribution in [0.15, 0.2) is 24.4 Å². The van der Waals surface area contributed by atoms with E-state index in [-0.39, 0.29) is 18.0 Å². The second kappa shape index (κ2) is 7.40. The molecule has 142 valence electrons. The summed E-state index contributed by atoms with van der Waals surface area (Å²) in [5, 5.41) is 11.8. The van der Waals surface area contributed by atoms with Crippen molar-refractivity contribution < 1.29 is 4.79 Å². The number of pyridine rings is 1. The molecule has 0 radical (unpaired) electrons. The zero-order valence-corrected chi connectivity index (χ0v) is 16.8. The van der Waals surface area contributed by atoms with Gasteiger partial charge in [-0.2, -0.15) is 5.10 Å². The van der Waals surface area contributed by atoms with Gasteiger partial charge in [0.1, 0.15) is 0 Å². The van der Waals surface area contributed by atoms with E-state index >= 15 is 0 Å². The molecule has 1 amide bonds. The Morgan fingerprint density at radius 1 is 1.33 bits per heavy atom. The van der Waals surface area contributed by atoms with E-state index in [0.717, 1.165) is 47.5 Å². The van der Waals surface area contributed by atoms with Crippen LogP contribution >= 0.6 is 11.3 Å². The molecule has 0 bridgehead atoms. The Kier molecular flexibility index (Phi) is 4.97. The van der Waals surface area contributed by atoms with Crippen LogP contribution in [0.2, 0.25) is 0 Å². The molecule has 4 rings (SSSR count). The molecule has 0 aromatic carbocycles. The summed E-state index contributed by atoms with van der Waals surface area (Å²) in [5.74, 6) is -0.0351. The zero-order chi connectivity index (χ0) is 19.0. The van der Waals surface area contributed by atoms with Gasteiger partial charge >= 0.3 is 0 Å². The standard InChI is InChI=1S/C20H25N5OS/c1-12(2)25-19-16(11-22-25)15(20(26)23-14-6-8-21-9-7-14)10-17(24-19)18-5-4-13(3)27-18/h4-5,10-12,14,21H,6-9H2,1-3H3,(H,23,26). The van der Waals surface area contributed by atoms with Crippen molar-refractivity contribution in [1.29, 1.82) is 0 Å². The van der Waals surface area contributed by atoms with E-state index < -0.39 is 0 Å². The van der Waals surface area contributed by atoms with Crippen LogP contribution < -0.4 is 10.6 Å². The quantitative estimate of drug-likeness (QED) is 0.723. The number of hydrogen-bond acceptors (Lipinski definition) is 5. The van der Waals surface area contributed by atoms with Crippen LogP contribution in [0.1, 0.15) is 48.0 Å². The Labute approximate surface area is 163 Å². The van der Waals surface area contributed by atoms with E-state index in [2.05, 4.69) is 48.6 Å². The van der Waals surface area contributed by atoms with Crippen molar-refractivity contribution in [2.24, 2.45) is 0 Å². The highest BCUT2D eigenvalue weighted by Gasteiger charge is 2.22. The van der Waals surface area contributed by atoms with E-state index in [1.165, 1.54) is 4.88 Å². The molecule has 2 N–H and O–H groups in total. The third-order valence-electron chi connectivity index (χ3n) is 4.97. The predicted octanol–water partition coefficient (Wildman–Crippen LogP) is 3.53. The highest BCUT2D eigenvalue weighted by Crippen LogP contribution is 2.30. The lowest BCUT2D eigenvalue weighted by molar-refractivity contribution is 0.0931. The molecule has 3 aromatic heterocycles. The average Bonchev–Trinajstić information content (AvgIpc) is 3.27. The summed E-state index contributed by atoms with van der Waals surface area (Å²) in [6.07, 6.45) is 3.69. The summed E-state index contributed by atoms with van der Waals surface area (Å²) >= 11 is 1.69. The molecule has 1 saturated heterocycles. The molecule has 27 heavy (non-hydrogen) atoms. The van der Waals surface area contributed by atoms with E-state index in [0.29, 0.717) is 5.56 Å². The normalized spacial score (nSPS) is 15.6. The van der Waals surface area contributed by atoms with Gasteiger partial charge in [0.05, 0.1) is 27.7 Å². The minimum Gasteiger partial charge on any atom is -0.349 e. The molecule has 1 aliphatic rings. The smallest absolute Gasteiger partial charge is 0.252 e. The lowest BCUT2D eigenvalue weighted by Gasteiger charge is -2.23. The molecular formula is C20H25N5OS. The third-order valence-corrected chi connectivity index (χ3v) is 5.99. The summed E-state index contributed by atoms with van der Waals surface area (Å²) in [6.45, 7) is 8.12. The van der Waals surface area contributed by atoms with Gasteiger partial charge in [-0.15, -0.1) is 11.3 Å². The number of carbonyl (C=O) groups is 1. The lowest BCUT2D eigenvalue weighted by atomic mass is 10.0. The van der Waals surface area contributed by atoms with Crippen molar-refractivity contribution in [3.05, 3.63) is 34.8 Å². The van der Waals surface area contributed by atoms with Crippen LogP contribution in [0.5, 0.6) is 0 Å². The average molecular weight is 384 g/mol. The summed E-state index contributed by atoms with van der Waals surface area (Å²) < 4.78 is 1.89. The Morgan fingerprint density at radius 3 is 2.78 bits per heavy atom. The van der Waals surface area contributed by atoms with Crippen molar-refractivity contribution in [2.75, 3.05) is 13.1 Å². The molecular weight excluding hydrogens is 358 g/mol. The second-order valence-electron chi connectivity index (χ2n) is 7.38. The summed E-state index contributed by atoms with van der Waals surface area (Å²) in [4.78, 5) is 20.3. The molecule has 4 heterocycles. The van der Waals surface area contributed by atoms with Crippen LogP contribution in [-0.2, 0) is 0 Å². The highest BCUT2D eigenvalue weighted by atomic mass is 32.1. The van der Waals surface area contributed by atoms with Crippen LogP contribution in [0.25, 0.3) is 21.6 Å². The summed E-state index contributed by atoms with van der Waals surface area (Å²) in [7, 11) is 0. The van der Waals surface area contributed by atoms with Crippen molar-refractivity contribution in [2.45, 2.75) is 45.7 Å². The fourth-order valence-corrected chi connectivity index (χ4v) is 4.34. The maximum atomic E-state index is 13.1. The number of amides is 1. The maximum absolute atomic E-state index is 13.1. The number of nitrogens with one attached hydrogen (secondary N) is 2. The van der Waals surface area contributed by atoms with Gasteiger partial charge in [-0.3, -0.25) is 4.79 Å². The molecule has 1 fully saturated rings. The molecule has 7 heteroatoms. The molecule has 6 nitrogen and oxygen atoms in total. The first-order valence-electron chi connectivity index (χ1n) is 9.49. The fourth-order valence-electron chi connectivity index (χ4n) is 3.51. The van der Waals surface area contributed by atoms with Gasteiger partial charge < -0.3 is 10.6 Å². The number of fused-ring (bicyclic) bond motifs is 1. The molecule has 0 aliphatic carbocycles. The fraction of sp³-hybridized carbons (Fsp3) is 0.450. The molecule has 1 aliphatic heterocycles. The van der Waals surface area contributed by atoms with E-state index in [1.54, 1.807) is 17.5 Å². The Morgan fingerprint density at radius 2 is 2.11 bits per heavy atom. The van der Waals surface area contributed by atoms with Crippen molar-refractivity contribution >= 4 is 28.3 Å². The Balaban J connectivity index is 1.78. The third kappa shape index (κ3) is 3.61. The van der Waals surface area contributed by atoms with Gasteiger partial charge in [-0.1, -0.05) is 0 Å². The van der Waals surface area contributed by atoms with E-state index in [4.69, 9.17) is 4.98 Å². The molecule has 0 unspecified atom stereocenters. The number of thiophene rings is 1. The highest BCUT2D eigenvalue weighted by molar-refractivity contribution is 7.15. The predicted molar refractivity (Wildman–Crippen MR) is 109 cm³/mol. The molecule has 0 saturated carbocycles. The van der Waals surface area contributed by atoms with Crippen LogP contribution in [0, 0.1) is 6.92 Å². The Hall–Kier alpha value is -2.25. The Bertz CT molecular complexity index is 968. The SMILES string of the molecule is Cc1ccc(-c2cc(C(=O)NC3CCNCC3)c3cnn(C(C)C)c3n2)s1. The van der Waals surface area contributed by atoms with Gasteiger partial charge in [-0.25, -0.2) is 9.67 Å². The van der Waals surface area contributed by atoms with Crippen molar-refractivity contribution in [1.82, 2.24) is 25.4 Å². The number of aryl methyl sites for hydroxylation is 1. The first kappa shape index (κ1) is 18.1. The first-order chi connectivity index (χ1) is 13.0. The molecule has 3 aromatic rings. The van der Waals surface area contributed by atoms with Crippen molar-refractivity contribution in [3.8, 4) is 10.6 Å². The van der Waals surface area contributed by atoms with Crippen molar-refractivity contribution in [3.63, 3.8) is 0 Å². The van der Waals surface area contributed by atoms with Gasteiger partial charge in [-0.05, 0) is 64.9 Å². The van der Waals surface area contributed by atoms with Crippen LogP contribution in [0.3, 0.4) is 0 Å². The topological polar surface area (TPSA) is 71.8 Å². The van der Waals surface area contributed by atoms with Crippen LogP contribution in [-0.4, -0.2) is 39.8 Å². The zero-order valence-electron chi connectivity index (χ0n) is 16.0. The first-order valence-corrected chi connectivity index (χ1v) is 10.3. The van der Waals surface area contributed by atoms with Crippen LogP contribution in [0.4, 0.5) is 0 Å². The van der Waals surface area contributed by atoms with Gasteiger partial charge in [0.15, 0.2) is 5.65 Å². The minimum atomic E-state index is -0.0351. The minimum absolute atomic E-state index is 0.0351. The summed E-state index contributed by atoms with van der Waals surface area (Å²) in [6, 6.07) is 6.46. The number of piperidine rings is 1. The number of hydrogen-bond donors (Lipinski definition) is 2. The largest absolute Gasteiger partial charge is 0.349 e.